The fourth-order valence-corrected chi connectivity index (χ4v) is 2.64. The molecule has 0 saturated heterocycles. The van der Waals surface area contributed by atoms with Crippen molar-refractivity contribution in [2.24, 2.45) is 5.41 Å². The number of halogens is 1. The molecule has 0 bridgehead atoms. The SMILES string of the molecule is CC1(CNc2ccc(N)cc2Cl)CCCC1. The molecule has 0 radical (unpaired) electrons. The number of hydrogen-bond acceptors (Lipinski definition) is 2. The van der Waals surface area contributed by atoms with Crippen molar-refractivity contribution in [1.29, 1.82) is 0 Å². The zero-order valence-electron chi connectivity index (χ0n) is 9.72. The van der Waals surface area contributed by atoms with Crippen molar-refractivity contribution in [3.05, 3.63) is 23.2 Å². The van der Waals surface area contributed by atoms with Crippen LogP contribution in [0.4, 0.5) is 11.4 Å². The van der Waals surface area contributed by atoms with Crippen molar-refractivity contribution in [1.82, 2.24) is 0 Å². The molecule has 1 saturated carbocycles. The van der Waals surface area contributed by atoms with Crippen LogP contribution in [0.1, 0.15) is 32.6 Å². The molecular weight excluding hydrogens is 220 g/mol. The summed E-state index contributed by atoms with van der Waals surface area (Å²) in [6.07, 6.45) is 5.33. The molecule has 2 nitrogen and oxygen atoms in total. The molecule has 1 aromatic carbocycles. The van der Waals surface area contributed by atoms with Crippen LogP contribution in [0.3, 0.4) is 0 Å². The number of rotatable bonds is 3. The topological polar surface area (TPSA) is 38.0 Å². The minimum atomic E-state index is 0.435. The van der Waals surface area contributed by atoms with Crippen molar-refractivity contribution in [3.63, 3.8) is 0 Å². The van der Waals surface area contributed by atoms with Gasteiger partial charge in [0, 0.05) is 12.2 Å². The van der Waals surface area contributed by atoms with Crippen molar-refractivity contribution in [2.75, 3.05) is 17.6 Å². The van der Waals surface area contributed by atoms with Crippen LogP contribution in [-0.2, 0) is 0 Å². The second kappa shape index (κ2) is 4.54. The van der Waals surface area contributed by atoms with Crippen LogP contribution in [-0.4, -0.2) is 6.54 Å². The Kier molecular flexibility index (Phi) is 3.29. The molecule has 3 N–H and O–H groups in total. The van der Waals surface area contributed by atoms with Crippen LogP contribution >= 0.6 is 11.6 Å². The number of nitrogen functional groups attached to an aromatic ring is 1. The lowest BCUT2D eigenvalue weighted by Crippen LogP contribution is -2.23. The second-order valence-corrected chi connectivity index (χ2v) is 5.52. The van der Waals surface area contributed by atoms with Gasteiger partial charge < -0.3 is 11.1 Å². The Balaban J connectivity index is 1.99. The minimum absolute atomic E-state index is 0.435. The van der Waals surface area contributed by atoms with Gasteiger partial charge in [-0.05, 0) is 36.5 Å². The van der Waals surface area contributed by atoms with E-state index in [2.05, 4.69) is 12.2 Å². The Bertz CT molecular complexity index is 370. The van der Waals surface area contributed by atoms with Crippen molar-refractivity contribution < 1.29 is 0 Å². The van der Waals surface area contributed by atoms with Crippen molar-refractivity contribution in [3.8, 4) is 0 Å². The maximum atomic E-state index is 6.12. The Morgan fingerprint density at radius 2 is 2.06 bits per heavy atom. The fraction of sp³-hybridized carbons (Fsp3) is 0.538. The first-order valence-electron chi connectivity index (χ1n) is 5.88. The predicted octanol–water partition coefficient (Wildman–Crippen LogP) is 3.91. The van der Waals surface area contributed by atoms with Gasteiger partial charge in [-0.3, -0.25) is 0 Å². The summed E-state index contributed by atoms with van der Waals surface area (Å²) < 4.78 is 0. The molecule has 0 atom stereocenters. The van der Waals surface area contributed by atoms with E-state index in [-0.39, 0.29) is 0 Å². The third-order valence-electron chi connectivity index (χ3n) is 3.51. The molecule has 0 heterocycles. The lowest BCUT2D eigenvalue weighted by molar-refractivity contribution is 0.362. The van der Waals surface area contributed by atoms with Gasteiger partial charge in [0.1, 0.15) is 0 Å². The summed E-state index contributed by atoms with van der Waals surface area (Å²) >= 11 is 6.12. The third kappa shape index (κ3) is 2.62. The number of benzene rings is 1. The quantitative estimate of drug-likeness (QED) is 0.784. The molecular formula is C13H19ClN2. The van der Waals surface area contributed by atoms with Crippen LogP contribution in [0, 0.1) is 5.41 Å². The summed E-state index contributed by atoms with van der Waals surface area (Å²) in [6, 6.07) is 5.63. The smallest absolute Gasteiger partial charge is 0.0657 e. The molecule has 0 aromatic heterocycles. The number of hydrogen-bond donors (Lipinski definition) is 2. The van der Waals surface area contributed by atoms with Crippen molar-refractivity contribution >= 4 is 23.0 Å². The molecule has 16 heavy (non-hydrogen) atoms. The molecule has 0 aliphatic heterocycles. The van der Waals surface area contributed by atoms with Gasteiger partial charge in [0.05, 0.1) is 10.7 Å². The van der Waals surface area contributed by atoms with Gasteiger partial charge in [0.25, 0.3) is 0 Å². The van der Waals surface area contributed by atoms with E-state index in [0.717, 1.165) is 12.2 Å². The maximum Gasteiger partial charge on any atom is 0.0657 e. The van der Waals surface area contributed by atoms with E-state index in [0.29, 0.717) is 16.1 Å². The van der Waals surface area contributed by atoms with E-state index in [1.54, 1.807) is 6.07 Å². The van der Waals surface area contributed by atoms with Crippen LogP contribution in [0.15, 0.2) is 18.2 Å². The lowest BCUT2D eigenvalue weighted by Gasteiger charge is -2.24. The Hall–Kier alpha value is -0.890. The molecule has 1 fully saturated rings. The van der Waals surface area contributed by atoms with Gasteiger partial charge in [-0.1, -0.05) is 31.4 Å². The van der Waals surface area contributed by atoms with Crippen LogP contribution in [0.5, 0.6) is 0 Å². The standard InChI is InChI=1S/C13H19ClN2/c1-13(6-2-3-7-13)9-16-12-5-4-10(15)8-11(12)14/h4-5,8,16H,2-3,6-7,9,15H2,1H3. The second-order valence-electron chi connectivity index (χ2n) is 5.11. The molecule has 1 aliphatic carbocycles. The van der Waals surface area contributed by atoms with Gasteiger partial charge in [-0.25, -0.2) is 0 Å². The molecule has 1 aromatic rings. The molecule has 2 rings (SSSR count). The van der Waals surface area contributed by atoms with Gasteiger partial charge in [-0.15, -0.1) is 0 Å². The normalized spacial score (nSPS) is 18.6. The summed E-state index contributed by atoms with van der Waals surface area (Å²) in [6.45, 7) is 3.34. The number of anilines is 2. The van der Waals surface area contributed by atoms with Gasteiger partial charge in [0.15, 0.2) is 0 Å². The largest absolute Gasteiger partial charge is 0.399 e. The molecule has 3 heteroatoms. The molecule has 0 spiro atoms. The van der Waals surface area contributed by atoms with Crippen LogP contribution in [0.25, 0.3) is 0 Å². The average molecular weight is 239 g/mol. The number of nitrogens with two attached hydrogens (primary N) is 1. The highest BCUT2D eigenvalue weighted by molar-refractivity contribution is 6.33. The van der Waals surface area contributed by atoms with Gasteiger partial charge >= 0.3 is 0 Å². The Morgan fingerprint density at radius 3 is 2.69 bits per heavy atom. The van der Waals surface area contributed by atoms with E-state index in [9.17, 15) is 0 Å². The summed E-state index contributed by atoms with van der Waals surface area (Å²) in [4.78, 5) is 0. The van der Waals surface area contributed by atoms with E-state index in [4.69, 9.17) is 17.3 Å². The highest BCUT2D eigenvalue weighted by Crippen LogP contribution is 2.38. The highest BCUT2D eigenvalue weighted by atomic mass is 35.5. The van der Waals surface area contributed by atoms with E-state index in [1.807, 2.05) is 12.1 Å². The summed E-state index contributed by atoms with van der Waals surface area (Å²) in [7, 11) is 0. The molecule has 0 unspecified atom stereocenters. The zero-order valence-corrected chi connectivity index (χ0v) is 10.5. The van der Waals surface area contributed by atoms with E-state index >= 15 is 0 Å². The predicted molar refractivity (Wildman–Crippen MR) is 70.9 cm³/mol. The summed E-state index contributed by atoms with van der Waals surface area (Å²) in [5, 5.41) is 4.14. The first kappa shape index (κ1) is 11.6. The molecule has 0 amide bonds. The van der Waals surface area contributed by atoms with Crippen molar-refractivity contribution in [2.45, 2.75) is 32.6 Å². The van der Waals surface area contributed by atoms with Crippen LogP contribution in [0.2, 0.25) is 5.02 Å². The highest BCUT2D eigenvalue weighted by Gasteiger charge is 2.28. The Labute approximate surface area is 102 Å². The average Bonchev–Trinajstić information content (AvgIpc) is 2.64. The number of nitrogens with one attached hydrogen (secondary N) is 1. The Morgan fingerprint density at radius 1 is 1.38 bits per heavy atom. The molecule has 88 valence electrons. The monoisotopic (exact) mass is 238 g/mol. The van der Waals surface area contributed by atoms with E-state index < -0.39 is 0 Å². The minimum Gasteiger partial charge on any atom is -0.399 e. The van der Waals surface area contributed by atoms with Gasteiger partial charge in [-0.2, -0.15) is 0 Å². The van der Waals surface area contributed by atoms with Crippen LogP contribution < -0.4 is 11.1 Å². The maximum absolute atomic E-state index is 6.12. The lowest BCUT2D eigenvalue weighted by atomic mass is 9.89. The first-order valence-corrected chi connectivity index (χ1v) is 6.26. The third-order valence-corrected chi connectivity index (χ3v) is 3.82. The zero-order chi connectivity index (χ0) is 11.6. The molecule has 1 aliphatic rings. The van der Waals surface area contributed by atoms with Gasteiger partial charge in [0.2, 0.25) is 0 Å². The van der Waals surface area contributed by atoms with E-state index in [1.165, 1.54) is 25.7 Å². The summed E-state index contributed by atoms with van der Waals surface area (Å²) in [5.74, 6) is 0. The summed E-state index contributed by atoms with van der Waals surface area (Å²) in [5.41, 5.74) is 7.80. The fourth-order valence-electron chi connectivity index (χ4n) is 2.39. The first-order chi connectivity index (χ1) is 7.59.